The van der Waals surface area contributed by atoms with Crippen LogP contribution < -0.4 is 5.73 Å². The Hall–Kier alpha value is -1.53. The van der Waals surface area contributed by atoms with Crippen molar-refractivity contribution in [1.29, 1.82) is 0 Å². The lowest BCUT2D eigenvalue weighted by Gasteiger charge is -2.23. The largest absolute Gasteiger partial charge is 0.383 e. The second kappa shape index (κ2) is 7.91. The lowest BCUT2D eigenvalue weighted by molar-refractivity contribution is 0.0685. The smallest absolute Gasteiger partial charge is 0.259 e. The molecule has 0 saturated carbocycles. The van der Waals surface area contributed by atoms with Crippen LogP contribution in [0.15, 0.2) is 12.1 Å². The Balaban J connectivity index is 3.01. The first-order valence-corrected chi connectivity index (χ1v) is 6.45. The third-order valence-corrected chi connectivity index (χ3v) is 2.98. The number of carbonyl (C=O) groups excluding carboxylic acids is 1. The van der Waals surface area contributed by atoms with Crippen LogP contribution in [0.3, 0.4) is 0 Å². The van der Waals surface area contributed by atoms with Crippen LogP contribution in [0, 0.1) is 18.6 Å². The zero-order chi connectivity index (χ0) is 15.1. The normalized spacial score (nSPS) is 10.7. The minimum Gasteiger partial charge on any atom is -0.383 e. The van der Waals surface area contributed by atoms with Crippen LogP contribution in [0.4, 0.5) is 8.78 Å². The lowest BCUT2D eigenvalue weighted by Crippen LogP contribution is -2.36. The highest BCUT2D eigenvalue weighted by Crippen LogP contribution is 2.18. The summed E-state index contributed by atoms with van der Waals surface area (Å²) in [6, 6.07) is 2.41. The van der Waals surface area contributed by atoms with Gasteiger partial charge in [-0.25, -0.2) is 8.78 Å². The van der Waals surface area contributed by atoms with Crippen molar-refractivity contribution < 1.29 is 18.3 Å². The third kappa shape index (κ3) is 3.98. The maximum absolute atomic E-state index is 14.0. The van der Waals surface area contributed by atoms with Gasteiger partial charge in [0.25, 0.3) is 5.91 Å². The first-order valence-electron chi connectivity index (χ1n) is 6.45. The molecular formula is C14H20F2N2O2. The summed E-state index contributed by atoms with van der Waals surface area (Å²) in [6.07, 6.45) is 0.560. The molecule has 1 aromatic rings. The molecule has 0 atom stereocenters. The average molecular weight is 286 g/mol. The number of rotatable bonds is 7. The van der Waals surface area contributed by atoms with Crippen LogP contribution in [0.5, 0.6) is 0 Å². The summed E-state index contributed by atoms with van der Waals surface area (Å²) >= 11 is 0. The molecule has 6 heteroatoms. The maximum atomic E-state index is 14.0. The van der Waals surface area contributed by atoms with Gasteiger partial charge >= 0.3 is 0 Å². The summed E-state index contributed by atoms with van der Waals surface area (Å²) in [4.78, 5) is 13.7. The predicted octanol–water partition coefficient (Wildman–Crippen LogP) is 1.71. The molecule has 1 amide bonds. The van der Waals surface area contributed by atoms with Gasteiger partial charge in [0.05, 0.1) is 6.61 Å². The number of hydrogen-bond acceptors (Lipinski definition) is 3. The molecule has 2 N–H and O–H groups in total. The number of methoxy groups -OCH3 is 1. The van der Waals surface area contributed by atoms with Gasteiger partial charge in [0.2, 0.25) is 0 Å². The Morgan fingerprint density at radius 2 is 2.05 bits per heavy atom. The Morgan fingerprint density at radius 3 is 2.65 bits per heavy atom. The Morgan fingerprint density at radius 1 is 1.35 bits per heavy atom. The Bertz CT molecular complexity index is 459. The van der Waals surface area contributed by atoms with E-state index >= 15 is 0 Å². The van der Waals surface area contributed by atoms with E-state index < -0.39 is 23.1 Å². The van der Waals surface area contributed by atoms with Gasteiger partial charge < -0.3 is 15.4 Å². The van der Waals surface area contributed by atoms with Gasteiger partial charge in [-0.2, -0.15) is 0 Å². The van der Waals surface area contributed by atoms with E-state index in [1.165, 1.54) is 25.0 Å². The molecule has 4 nitrogen and oxygen atoms in total. The number of ether oxygens (including phenoxy) is 1. The summed E-state index contributed by atoms with van der Waals surface area (Å²) in [5, 5.41) is 0. The number of amides is 1. The molecule has 0 aliphatic rings. The van der Waals surface area contributed by atoms with E-state index in [1.807, 2.05) is 0 Å². The fourth-order valence-electron chi connectivity index (χ4n) is 1.81. The Labute approximate surface area is 117 Å². The fourth-order valence-corrected chi connectivity index (χ4v) is 1.81. The lowest BCUT2D eigenvalue weighted by atomic mass is 10.1. The van der Waals surface area contributed by atoms with E-state index in [-0.39, 0.29) is 12.1 Å². The number of halogens is 2. The van der Waals surface area contributed by atoms with Gasteiger partial charge in [0.1, 0.15) is 17.2 Å². The first-order chi connectivity index (χ1) is 9.52. The first kappa shape index (κ1) is 16.5. The minimum absolute atomic E-state index is 0.236. The molecule has 0 unspecified atom stereocenters. The topological polar surface area (TPSA) is 55.6 Å². The molecule has 112 valence electrons. The van der Waals surface area contributed by atoms with Gasteiger partial charge in [-0.1, -0.05) is 6.07 Å². The summed E-state index contributed by atoms with van der Waals surface area (Å²) in [7, 11) is 1.50. The standard InChI is InChI=1S/C14H20F2N2O2/c1-10-4-5-11(15)12(13(10)16)14(19)18(7-3-6-17)8-9-20-2/h4-5H,3,6-9,17H2,1-2H3. The van der Waals surface area contributed by atoms with Crippen molar-refractivity contribution in [2.24, 2.45) is 5.73 Å². The zero-order valence-corrected chi connectivity index (χ0v) is 11.8. The highest BCUT2D eigenvalue weighted by molar-refractivity contribution is 5.95. The van der Waals surface area contributed by atoms with Crippen molar-refractivity contribution >= 4 is 5.91 Å². The summed E-state index contributed by atoms with van der Waals surface area (Å²) < 4.78 is 32.6. The molecule has 0 aromatic heterocycles. The molecule has 20 heavy (non-hydrogen) atoms. The summed E-state index contributed by atoms with van der Waals surface area (Å²) in [5.74, 6) is -2.34. The molecule has 0 fully saturated rings. The van der Waals surface area contributed by atoms with E-state index in [0.29, 0.717) is 26.1 Å². The SMILES string of the molecule is COCCN(CCCN)C(=O)c1c(F)ccc(C)c1F. The van der Waals surface area contributed by atoms with E-state index in [4.69, 9.17) is 10.5 Å². The van der Waals surface area contributed by atoms with Crippen LogP contribution in [0.25, 0.3) is 0 Å². The highest BCUT2D eigenvalue weighted by Gasteiger charge is 2.23. The monoisotopic (exact) mass is 286 g/mol. The summed E-state index contributed by atoms with van der Waals surface area (Å²) in [5.41, 5.74) is 5.13. The molecule has 0 aliphatic heterocycles. The van der Waals surface area contributed by atoms with Gasteiger partial charge in [-0.3, -0.25) is 4.79 Å². The van der Waals surface area contributed by atoms with Crippen LogP contribution in [-0.2, 0) is 4.74 Å². The molecule has 0 saturated heterocycles. The van der Waals surface area contributed by atoms with Crippen molar-refractivity contribution in [2.45, 2.75) is 13.3 Å². The van der Waals surface area contributed by atoms with E-state index in [1.54, 1.807) is 0 Å². The predicted molar refractivity (Wildman–Crippen MR) is 72.5 cm³/mol. The van der Waals surface area contributed by atoms with Gasteiger partial charge in [0, 0.05) is 20.2 Å². The van der Waals surface area contributed by atoms with Gasteiger partial charge in [0.15, 0.2) is 0 Å². The molecule has 0 bridgehead atoms. The van der Waals surface area contributed by atoms with Crippen molar-refractivity contribution in [3.05, 3.63) is 34.9 Å². The van der Waals surface area contributed by atoms with Crippen molar-refractivity contribution in [2.75, 3.05) is 33.4 Å². The number of hydrogen-bond donors (Lipinski definition) is 1. The second-order valence-corrected chi connectivity index (χ2v) is 4.48. The summed E-state index contributed by atoms with van der Waals surface area (Å²) in [6.45, 7) is 2.79. The fraction of sp³-hybridized carbons (Fsp3) is 0.500. The zero-order valence-electron chi connectivity index (χ0n) is 11.8. The van der Waals surface area contributed by atoms with Crippen LogP contribution in [-0.4, -0.2) is 44.2 Å². The molecule has 1 rings (SSSR count). The molecule has 1 aromatic carbocycles. The van der Waals surface area contributed by atoms with E-state index in [0.717, 1.165) is 6.07 Å². The van der Waals surface area contributed by atoms with Crippen LogP contribution in [0.2, 0.25) is 0 Å². The molecular weight excluding hydrogens is 266 g/mol. The number of aryl methyl sites for hydroxylation is 1. The highest BCUT2D eigenvalue weighted by atomic mass is 19.1. The second-order valence-electron chi connectivity index (χ2n) is 4.48. The number of carbonyl (C=O) groups is 1. The minimum atomic E-state index is -0.853. The van der Waals surface area contributed by atoms with Crippen LogP contribution >= 0.6 is 0 Å². The molecule has 0 heterocycles. The van der Waals surface area contributed by atoms with Gasteiger partial charge in [-0.05, 0) is 31.5 Å². The van der Waals surface area contributed by atoms with Crippen molar-refractivity contribution in [3.8, 4) is 0 Å². The average Bonchev–Trinajstić information content (AvgIpc) is 2.43. The maximum Gasteiger partial charge on any atom is 0.259 e. The Kier molecular flexibility index (Phi) is 6.54. The number of benzene rings is 1. The van der Waals surface area contributed by atoms with Crippen molar-refractivity contribution in [1.82, 2.24) is 4.90 Å². The molecule has 0 aliphatic carbocycles. The van der Waals surface area contributed by atoms with Crippen molar-refractivity contribution in [3.63, 3.8) is 0 Å². The molecule has 0 radical (unpaired) electrons. The third-order valence-electron chi connectivity index (χ3n) is 2.98. The van der Waals surface area contributed by atoms with Gasteiger partial charge in [-0.15, -0.1) is 0 Å². The quantitative estimate of drug-likeness (QED) is 0.830. The van der Waals surface area contributed by atoms with E-state index in [9.17, 15) is 13.6 Å². The van der Waals surface area contributed by atoms with E-state index in [2.05, 4.69) is 0 Å². The molecule has 0 spiro atoms. The number of nitrogens with zero attached hydrogens (tertiary/aromatic N) is 1. The van der Waals surface area contributed by atoms with Crippen LogP contribution in [0.1, 0.15) is 22.3 Å². The number of nitrogens with two attached hydrogens (primary N) is 1.